The number of amides is 2. The molecule has 1 aliphatic rings. The van der Waals surface area contributed by atoms with Crippen molar-refractivity contribution in [1.29, 1.82) is 0 Å². The molecule has 2 aromatic rings. The van der Waals surface area contributed by atoms with Crippen LogP contribution in [0.25, 0.3) is 0 Å². The Morgan fingerprint density at radius 3 is 1.54 bits per heavy atom. The van der Waals surface area contributed by atoms with Gasteiger partial charge in [-0.05, 0) is 55.0 Å². The second-order valence-corrected chi connectivity index (χ2v) is 15.5. The number of benzene rings is 2. The van der Waals surface area contributed by atoms with Gasteiger partial charge in [0.15, 0.2) is 9.84 Å². The molecule has 1 saturated heterocycles. The average Bonchev–Trinajstić information content (AvgIpc) is 3.31. The van der Waals surface area contributed by atoms with Crippen LogP contribution in [0.5, 0.6) is 0 Å². The van der Waals surface area contributed by atoms with Crippen LogP contribution in [0, 0.1) is 0 Å². The van der Waals surface area contributed by atoms with Gasteiger partial charge in [0.05, 0.1) is 27.3 Å². The molecule has 0 saturated carbocycles. The molecular formula is C26H36N4O8S3. The minimum atomic E-state index is -3.76. The Balaban J connectivity index is 1.89. The molecular weight excluding hydrogens is 593 g/mol. The summed E-state index contributed by atoms with van der Waals surface area (Å²) in [6, 6.07) is 9.58. The first-order chi connectivity index (χ1) is 19.2. The summed E-state index contributed by atoms with van der Waals surface area (Å²) in [5, 5.41) is 0.960. The number of rotatable bonds is 11. The summed E-state index contributed by atoms with van der Waals surface area (Å²) in [5.41, 5.74) is 2.60. The van der Waals surface area contributed by atoms with Crippen LogP contribution in [0.2, 0.25) is 0 Å². The summed E-state index contributed by atoms with van der Waals surface area (Å²) < 4.78 is 78.1. The molecule has 2 amide bonds. The first-order valence-electron chi connectivity index (χ1n) is 13.3. The van der Waals surface area contributed by atoms with Crippen molar-refractivity contribution in [2.45, 2.75) is 49.9 Å². The molecule has 1 N–H and O–H groups in total. The van der Waals surface area contributed by atoms with Crippen LogP contribution in [0.3, 0.4) is 0 Å². The van der Waals surface area contributed by atoms with Gasteiger partial charge in [-0.25, -0.2) is 30.3 Å². The number of hydrogen-bond acceptors (Lipinski definition) is 8. The molecule has 12 nitrogen and oxygen atoms in total. The zero-order valence-corrected chi connectivity index (χ0v) is 25.9. The van der Waals surface area contributed by atoms with Gasteiger partial charge in [0, 0.05) is 37.3 Å². The van der Waals surface area contributed by atoms with Crippen molar-refractivity contribution >= 4 is 41.7 Å². The second-order valence-electron chi connectivity index (χ2n) is 9.40. The van der Waals surface area contributed by atoms with Gasteiger partial charge in [0.25, 0.3) is 11.8 Å². The summed E-state index contributed by atoms with van der Waals surface area (Å²) in [6.45, 7) is 7.98. The Kier molecular flexibility index (Phi) is 10.3. The van der Waals surface area contributed by atoms with Gasteiger partial charge in [-0.1, -0.05) is 27.7 Å². The van der Waals surface area contributed by atoms with Crippen molar-refractivity contribution in [2.75, 3.05) is 37.7 Å². The van der Waals surface area contributed by atoms with Gasteiger partial charge < -0.3 is 0 Å². The predicted octanol–water partition coefficient (Wildman–Crippen LogP) is 1.72. The Morgan fingerprint density at radius 2 is 1.17 bits per heavy atom. The number of carbonyl (C=O) groups is 2. The number of nitrogens with zero attached hydrogens (tertiary/aromatic N) is 3. The van der Waals surface area contributed by atoms with Crippen molar-refractivity contribution < 1.29 is 34.8 Å². The van der Waals surface area contributed by atoms with E-state index < -0.39 is 47.7 Å². The van der Waals surface area contributed by atoms with Crippen molar-refractivity contribution in [1.82, 2.24) is 19.0 Å². The number of hydrogen-bond donors (Lipinski definition) is 1. The lowest BCUT2D eigenvalue weighted by molar-refractivity contribution is 0.0505. The highest BCUT2D eigenvalue weighted by atomic mass is 32.2. The molecule has 1 atom stereocenters. The van der Waals surface area contributed by atoms with E-state index in [1.54, 1.807) is 27.7 Å². The van der Waals surface area contributed by atoms with Crippen molar-refractivity contribution in [3.8, 4) is 0 Å². The van der Waals surface area contributed by atoms with Crippen LogP contribution in [0.1, 0.15) is 54.8 Å². The molecule has 15 heteroatoms. The minimum absolute atomic E-state index is 0.00321. The largest absolute Gasteiger partial charge is 0.272 e. The maximum atomic E-state index is 13.5. The minimum Gasteiger partial charge on any atom is -0.267 e. The lowest BCUT2D eigenvalue weighted by Gasteiger charge is -2.28. The highest BCUT2D eigenvalue weighted by Crippen LogP contribution is 2.22. The molecule has 0 aromatic heterocycles. The Labute approximate surface area is 242 Å². The Hall–Kier alpha value is -2.85. The molecule has 1 aliphatic heterocycles. The highest BCUT2D eigenvalue weighted by Gasteiger charge is 2.36. The van der Waals surface area contributed by atoms with E-state index >= 15 is 0 Å². The van der Waals surface area contributed by atoms with Crippen LogP contribution in [0.4, 0.5) is 0 Å². The molecule has 1 heterocycles. The molecule has 41 heavy (non-hydrogen) atoms. The van der Waals surface area contributed by atoms with Gasteiger partial charge in [-0.2, -0.15) is 8.61 Å². The monoisotopic (exact) mass is 628 g/mol. The van der Waals surface area contributed by atoms with E-state index in [-0.39, 0.29) is 65.0 Å². The molecule has 0 radical (unpaired) electrons. The summed E-state index contributed by atoms with van der Waals surface area (Å²) in [7, 11) is -10.9. The summed E-state index contributed by atoms with van der Waals surface area (Å²) in [5.74, 6) is -1.96. The Bertz CT molecular complexity index is 1570. The van der Waals surface area contributed by atoms with E-state index in [2.05, 4.69) is 5.43 Å². The summed E-state index contributed by atoms with van der Waals surface area (Å²) in [4.78, 5) is 26.7. The van der Waals surface area contributed by atoms with Gasteiger partial charge in [0.2, 0.25) is 20.0 Å². The van der Waals surface area contributed by atoms with Gasteiger partial charge in [-0.15, -0.1) is 0 Å². The average molecular weight is 629 g/mol. The fourth-order valence-corrected chi connectivity index (χ4v) is 9.19. The summed E-state index contributed by atoms with van der Waals surface area (Å²) in [6.07, 6.45) is 0.101. The van der Waals surface area contributed by atoms with Crippen LogP contribution in [-0.2, 0) is 29.9 Å². The quantitative estimate of drug-likeness (QED) is 0.369. The highest BCUT2D eigenvalue weighted by molar-refractivity contribution is 7.91. The van der Waals surface area contributed by atoms with E-state index in [0.29, 0.717) is 0 Å². The third kappa shape index (κ3) is 7.15. The number of sulfone groups is 1. The van der Waals surface area contributed by atoms with Gasteiger partial charge in [0.1, 0.15) is 0 Å². The normalized spacial score (nSPS) is 17.1. The second kappa shape index (κ2) is 13.0. The number of sulfonamides is 2. The lowest BCUT2D eigenvalue weighted by atomic mass is 10.1. The summed E-state index contributed by atoms with van der Waals surface area (Å²) >= 11 is 0. The topological polar surface area (TPSA) is 158 Å². The van der Waals surface area contributed by atoms with Gasteiger partial charge in [-0.3, -0.25) is 15.0 Å². The van der Waals surface area contributed by atoms with Crippen molar-refractivity contribution in [3.05, 3.63) is 59.7 Å². The van der Waals surface area contributed by atoms with Crippen molar-refractivity contribution in [2.24, 2.45) is 0 Å². The zero-order valence-electron chi connectivity index (χ0n) is 23.5. The SMILES string of the molecule is CCN(CC)S(=O)(=O)c1ccc(C(=O)NN(C(=O)c2ccc(S(=O)(=O)N(CC)CC)cc2)C2CCS(=O)(=O)C2)cc1. The number of hydrazine groups is 1. The molecule has 2 aromatic carbocycles. The first-order valence-corrected chi connectivity index (χ1v) is 18.0. The standard InChI is InChI=1S/C26H36N4O8S3/c1-5-28(6-2)40(35,36)23-13-9-20(10-14-23)25(31)27-30(22-17-18-39(33,34)19-22)26(32)21-11-15-24(16-12-21)41(37,38)29(7-3)8-4/h9-16,22H,5-8,17-19H2,1-4H3,(H,27,31). The molecule has 3 rings (SSSR count). The van der Waals surface area contributed by atoms with E-state index in [1.165, 1.54) is 57.1 Å². The lowest BCUT2D eigenvalue weighted by Crippen LogP contribution is -2.52. The van der Waals surface area contributed by atoms with Crippen LogP contribution in [0.15, 0.2) is 58.3 Å². The van der Waals surface area contributed by atoms with Gasteiger partial charge >= 0.3 is 0 Å². The fraction of sp³-hybridized carbons (Fsp3) is 0.462. The zero-order chi connectivity index (χ0) is 30.6. The molecule has 0 bridgehead atoms. The van der Waals surface area contributed by atoms with Crippen LogP contribution in [-0.4, -0.2) is 94.4 Å². The van der Waals surface area contributed by atoms with E-state index in [0.717, 1.165) is 5.01 Å². The maximum absolute atomic E-state index is 13.5. The number of carbonyl (C=O) groups excluding carboxylic acids is 2. The predicted molar refractivity (Wildman–Crippen MR) is 154 cm³/mol. The van der Waals surface area contributed by atoms with E-state index in [9.17, 15) is 34.8 Å². The first kappa shape index (κ1) is 32.7. The molecule has 226 valence electrons. The van der Waals surface area contributed by atoms with E-state index in [4.69, 9.17) is 0 Å². The fourth-order valence-electron chi connectivity index (χ4n) is 4.57. The molecule has 1 unspecified atom stereocenters. The third-order valence-electron chi connectivity index (χ3n) is 6.92. The number of nitrogens with one attached hydrogen (secondary N) is 1. The van der Waals surface area contributed by atoms with Crippen LogP contribution < -0.4 is 5.43 Å². The molecule has 1 fully saturated rings. The molecule has 0 spiro atoms. The maximum Gasteiger partial charge on any atom is 0.272 e. The molecule has 0 aliphatic carbocycles. The van der Waals surface area contributed by atoms with E-state index in [1.807, 2.05) is 0 Å². The Morgan fingerprint density at radius 1 is 0.756 bits per heavy atom. The van der Waals surface area contributed by atoms with Crippen LogP contribution >= 0.6 is 0 Å². The smallest absolute Gasteiger partial charge is 0.267 e. The van der Waals surface area contributed by atoms with Crippen molar-refractivity contribution in [3.63, 3.8) is 0 Å². The third-order valence-corrected chi connectivity index (χ3v) is 12.8.